The fourth-order valence-electron chi connectivity index (χ4n) is 2.14. The van der Waals surface area contributed by atoms with Crippen LogP contribution in [-0.4, -0.2) is 19.2 Å². The largest absolute Gasteiger partial charge is 0.497 e. The highest BCUT2D eigenvalue weighted by Gasteiger charge is 2.17. The monoisotopic (exact) mass is 412 g/mol. The highest BCUT2D eigenvalue weighted by Crippen LogP contribution is 2.37. The first-order valence-corrected chi connectivity index (χ1v) is 8.99. The summed E-state index contributed by atoms with van der Waals surface area (Å²) in [5, 5.41) is 6.08. The zero-order chi connectivity index (χ0) is 18.0. The Morgan fingerprint density at radius 1 is 1.20 bits per heavy atom. The van der Waals surface area contributed by atoms with Crippen molar-refractivity contribution in [1.82, 2.24) is 5.43 Å². The van der Waals surface area contributed by atoms with Crippen molar-refractivity contribution in [2.45, 2.75) is 0 Å². The lowest BCUT2D eigenvalue weighted by Gasteiger charge is -1.99. The number of hydrogen-bond acceptors (Lipinski definition) is 4. The fourth-order valence-corrected chi connectivity index (χ4v) is 4.03. The lowest BCUT2D eigenvalue weighted by molar-refractivity contribution is 0.0959. The molecule has 0 fully saturated rings. The van der Waals surface area contributed by atoms with Crippen LogP contribution >= 0.6 is 46.1 Å². The third-order valence-electron chi connectivity index (χ3n) is 3.38. The number of benzene rings is 2. The van der Waals surface area contributed by atoms with Crippen LogP contribution in [0.2, 0.25) is 15.1 Å². The maximum absolute atomic E-state index is 12.3. The van der Waals surface area contributed by atoms with E-state index in [9.17, 15) is 4.79 Å². The van der Waals surface area contributed by atoms with Gasteiger partial charge in [-0.3, -0.25) is 4.79 Å². The van der Waals surface area contributed by atoms with Gasteiger partial charge in [0, 0.05) is 20.7 Å². The maximum atomic E-state index is 12.3. The van der Waals surface area contributed by atoms with Gasteiger partial charge in [-0.15, -0.1) is 11.3 Å². The minimum Gasteiger partial charge on any atom is -0.497 e. The number of hydrazone groups is 1. The van der Waals surface area contributed by atoms with Crippen molar-refractivity contribution in [3.05, 3.63) is 61.9 Å². The number of hydrogen-bond donors (Lipinski definition) is 1. The Morgan fingerprint density at radius 2 is 2.00 bits per heavy atom. The number of ether oxygens (including phenoxy) is 1. The average molecular weight is 414 g/mol. The number of carbonyl (C=O) groups excluding carboxylic acids is 1. The second-order valence-electron chi connectivity index (χ2n) is 4.97. The highest BCUT2D eigenvalue weighted by molar-refractivity contribution is 7.21. The molecule has 0 unspecified atom stereocenters. The smallest absolute Gasteiger partial charge is 0.283 e. The van der Waals surface area contributed by atoms with Gasteiger partial charge in [0.15, 0.2) is 0 Å². The lowest BCUT2D eigenvalue weighted by atomic mass is 10.2. The van der Waals surface area contributed by atoms with Gasteiger partial charge in [0.2, 0.25) is 0 Å². The molecular weight excluding hydrogens is 403 g/mol. The molecule has 0 spiro atoms. The predicted molar refractivity (Wildman–Crippen MR) is 105 cm³/mol. The Bertz CT molecular complexity index is 985. The Labute approximate surface area is 163 Å². The van der Waals surface area contributed by atoms with E-state index in [4.69, 9.17) is 39.5 Å². The molecule has 1 N–H and O–H groups in total. The second-order valence-corrected chi connectivity index (χ2v) is 7.25. The molecule has 2 aromatic carbocycles. The van der Waals surface area contributed by atoms with Crippen LogP contribution in [0.25, 0.3) is 10.1 Å². The molecule has 0 saturated heterocycles. The molecule has 0 aliphatic heterocycles. The van der Waals surface area contributed by atoms with E-state index >= 15 is 0 Å². The van der Waals surface area contributed by atoms with E-state index < -0.39 is 5.91 Å². The van der Waals surface area contributed by atoms with Crippen molar-refractivity contribution >= 4 is 68.3 Å². The Hall–Kier alpha value is -1.79. The zero-order valence-corrected chi connectivity index (χ0v) is 15.9. The topological polar surface area (TPSA) is 50.7 Å². The van der Waals surface area contributed by atoms with Gasteiger partial charge in [-0.2, -0.15) is 5.10 Å². The van der Waals surface area contributed by atoms with E-state index in [0.717, 1.165) is 10.1 Å². The van der Waals surface area contributed by atoms with Crippen molar-refractivity contribution in [1.29, 1.82) is 0 Å². The number of fused-ring (bicyclic) bond motifs is 1. The number of rotatable bonds is 4. The first-order valence-electron chi connectivity index (χ1n) is 7.04. The van der Waals surface area contributed by atoms with Gasteiger partial charge >= 0.3 is 0 Å². The third kappa shape index (κ3) is 3.90. The zero-order valence-electron chi connectivity index (χ0n) is 12.8. The molecule has 0 bridgehead atoms. The molecular formula is C17H11Cl3N2O2S. The van der Waals surface area contributed by atoms with Crippen molar-refractivity contribution in [2.24, 2.45) is 5.10 Å². The summed E-state index contributed by atoms with van der Waals surface area (Å²) in [6.07, 6.45) is 1.45. The molecule has 25 heavy (non-hydrogen) atoms. The van der Waals surface area contributed by atoms with Crippen LogP contribution in [0, 0.1) is 0 Å². The van der Waals surface area contributed by atoms with Crippen LogP contribution in [0.3, 0.4) is 0 Å². The lowest BCUT2D eigenvalue weighted by Crippen LogP contribution is -2.16. The van der Waals surface area contributed by atoms with Crippen LogP contribution in [0.5, 0.6) is 5.75 Å². The predicted octanol–water partition coefficient (Wildman–Crippen LogP) is 5.63. The van der Waals surface area contributed by atoms with Crippen LogP contribution in [0.4, 0.5) is 0 Å². The van der Waals surface area contributed by atoms with Crippen molar-refractivity contribution in [3.8, 4) is 5.75 Å². The van der Waals surface area contributed by atoms with Crippen LogP contribution in [0.1, 0.15) is 15.2 Å². The summed E-state index contributed by atoms with van der Waals surface area (Å²) in [5.74, 6) is 0.305. The van der Waals surface area contributed by atoms with Gasteiger partial charge < -0.3 is 4.74 Å². The summed E-state index contributed by atoms with van der Waals surface area (Å²) in [4.78, 5) is 12.7. The van der Waals surface area contributed by atoms with Gasteiger partial charge in [0.05, 0.1) is 23.4 Å². The van der Waals surface area contributed by atoms with Crippen LogP contribution < -0.4 is 10.2 Å². The second kappa shape index (κ2) is 7.62. The number of methoxy groups -OCH3 is 1. The molecule has 4 nitrogen and oxygen atoms in total. The van der Waals surface area contributed by atoms with E-state index in [1.54, 1.807) is 31.4 Å². The first-order chi connectivity index (χ1) is 12.0. The van der Waals surface area contributed by atoms with E-state index in [0.29, 0.717) is 31.3 Å². The minimum atomic E-state index is -0.397. The number of halogens is 3. The molecule has 3 rings (SSSR count). The number of thiophene rings is 1. The molecule has 1 amide bonds. The SMILES string of the molecule is COc1ccc2c(Cl)c(C(=O)NN=Cc3ccc(Cl)cc3Cl)sc2c1. The van der Waals surface area contributed by atoms with Crippen molar-refractivity contribution in [3.63, 3.8) is 0 Å². The van der Waals surface area contributed by atoms with Crippen LogP contribution in [-0.2, 0) is 0 Å². The molecule has 0 radical (unpaired) electrons. The van der Waals surface area contributed by atoms with Gasteiger partial charge in [0.1, 0.15) is 10.6 Å². The van der Waals surface area contributed by atoms with E-state index in [1.165, 1.54) is 17.6 Å². The summed E-state index contributed by atoms with van der Waals surface area (Å²) < 4.78 is 6.04. The van der Waals surface area contributed by atoms with E-state index in [2.05, 4.69) is 10.5 Å². The average Bonchev–Trinajstić information content (AvgIpc) is 2.93. The van der Waals surface area contributed by atoms with Gasteiger partial charge in [-0.05, 0) is 30.3 Å². The minimum absolute atomic E-state index is 0.379. The van der Waals surface area contributed by atoms with Gasteiger partial charge in [-0.25, -0.2) is 5.43 Å². The number of carbonyl (C=O) groups is 1. The summed E-state index contributed by atoms with van der Waals surface area (Å²) in [7, 11) is 1.58. The third-order valence-corrected chi connectivity index (χ3v) is 5.59. The maximum Gasteiger partial charge on any atom is 0.283 e. The number of nitrogens with zero attached hydrogens (tertiary/aromatic N) is 1. The Balaban J connectivity index is 1.80. The standard InChI is InChI=1S/C17H11Cl3N2O2S/c1-24-11-4-5-12-14(7-11)25-16(15(12)20)17(23)22-21-8-9-2-3-10(18)6-13(9)19/h2-8H,1H3,(H,22,23). The summed E-state index contributed by atoms with van der Waals surface area (Å²) in [5.41, 5.74) is 3.09. The molecule has 0 aliphatic rings. The molecule has 1 heterocycles. The summed E-state index contributed by atoms with van der Waals surface area (Å²) >= 11 is 19.5. The van der Waals surface area contributed by atoms with E-state index in [-0.39, 0.29) is 0 Å². The quantitative estimate of drug-likeness (QED) is 0.445. The molecule has 0 atom stereocenters. The molecule has 0 aliphatic carbocycles. The Morgan fingerprint density at radius 3 is 2.72 bits per heavy atom. The number of nitrogens with one attached hydrogen (secondary N) is 1. The summed E-state index contributed by atoms with van der Waals surface area (Å²) in [6, 6.07) is 10.4. The molecule has 3 aromatic rings. The first kappa shape index (κ1) is 18.0. The van der Waals surface area contributed by atoms with E-state index in [1.807, 2.05) is 12.1 Å². The molecule has 1 aromatic heterocycles. The molecule has 8 heteroatoms. The van der Waals surface area contributed by atoms with Gasteiger partial charge in [-0.1, -0.05) is 40.9 Å². The normalized spacial score (nSPS) is 11.2. The molecule has 128 valence electrons. The van der Waals surface area contributed by atoms with Crippen molar-refractivity contribution in [2.75, 3.05) is 7.11 Å². The number of amides is 1. The van der Waals surface area contributed by atoms with Gasteiger partial charge in [0.25, 0.3) is 5.91 Å². The van der Waals surface area contributed by atoms with Crippen LogP contribution in [0.15, 0.2) is 41.5 Å². The van der Waals surface area contributed by atoms with Crippen molar-refractivity contribution < 1.29 is 9.53 Å². The Kier molecular flexibility index (Phi) is 5.49. The highest BCUT2D eigenvalue weighted by atomic mass is 35.5. The fraction of sp³-hybridized carbons (Fsp3) is 0.0588. The molecule has 0 saturated carbocycles. The summed E-state index contributed by atoms with van der Waals surface area (Å²) in [6.45, 7) is 0.